The monoisotopic (exact) mass is 388 g/mol. The van der Waals surface area contributed by atoms with Crippen molar-refractivity contribution in [1.82, 2.24) is 15.5 Å². The van der Waals surface area contributed by atoms with E-state index in [-0.39, 0.29) is 5.89 Å². The Labute approximate surface area is 159 Å². The summed E-state index contributed by atoms with van der Waals surface area (Å²) >= 11 is 1.66. The average molecular weight is 388 g/mol. The molecule has 1 aliphatic rings. The van der Waals surface area contributed by atoms with Crippen molar-refractivity contribution in [2.45, 2.75) is 26.1 Å². The highest BCUT2D eigenvalue weighted by atomic mass is 32.2. The van der Waals surface area contributed by atoms with Gasteiger partial charge in [0.25, 0.3) is 5.89 Å². The van der Waals surface area contributed by atoms with E-state index >= 15 is 0 Å². The minimum atomic E-state index is -2.76. The van der Waals surface area contributed by atoms with Gasteiger partial charge >= 0.3 is 6.43 Å². The lowest BCUT2D eigenvalue weighted by Gasteiger charge is -2.22. The molecule has 0 unspecified atom stereocenters. The third-order valence-corrected chi connectivity index (χ3v) is 5.26. The molecule has 0 fully saturated rings. The van der Waals surface area contributed by atoms with E-state index in [0.717, 1.165) is 30.9 Å². The minimum absolute atomic E-state index is 0.102. The third kappa shape index (κ3) is 3.81. The van der Waals surface area contributed by atoms with Crippen molar-refractivity contribution >= 4 is 17.6 Å². The number of hydrogen-bond acceptors (Lipinski definition) is 6. The van der Waals surface area contributed by atoms with Gasteiger partial charge in [0.05, 0.1) is 6.54 Å². The van der Waals surface area contributed by atoms with Crippen LogP contribution in [0.1, 0.15) is 29.0 Å². The number of hydrogen-bond donors (Lipinski definition) is 1. The Hall–Kier alpha value is -2.45. The van der Waals surface area contributed by atoms with Gasteiger partial charge in [0.2, 0.25) is 5.89 Å². The van der Waals surface area contributed by atoms with Crippen molar-refractivity contribution in [3.05, 3.63) is 65.0 Å². The first-order valence-corrected chi connectivity index (χ1v) is 9.67. The van der Waals surface area contributed by atoms with Crippen LogP contribution in [-0.4, -0.2) is 16.5 Å². The Morgan fingerprint density at radius 3 is 2.59 bits per heavy atom. The van der Waals surface area contributed by atoms with Crippen molar-refractivity contribution in [3.63, 3.8) is 0 Å². The zero-order valence-electron chi connectivity index (χ0n) is 14.7. The lowest BCUT2D eigenvalue weighted by molar-refractivity contribution is 0.116. The van der Waals surface area contributed by atoms with Crippen molar-refractivity contribution < 1.29 is 13.2 Å². The van der Waals surface area contributed by atoms with Crippen molar-refractivity contribution in [1.29, 1.82) is 0 Å². The van der Waals surface area contributed by atoms with Crippen molar-refractivity contribution in [3.8, 4) is 11.5 Å². The smallest absolute Gasteiger partial charge is 0.314 e. The second-order valence-corrected chi connectivity index (χ2v) is 7.02. The van der Waals surface area contributed by atoms with Gasteiger partial charge in [-0.15, -0.1) is 10.2 Å². The highest BCUT2D eigenvalue weighted by Crippen LogP contribution is 2.29. The average Bonchev–Trinajstić information content (AvgIpc) is 3.35. The first-order chi connectivity index (χ1) is 13.1. The molecule has 8 heteroatoms. The number of halogens is 2. The second kappa shape index (κ2) is 7.66. The van der Waals surface area contributed by atoms with Crippen LogP contribution in [-0.2, 0) is 19.6 Å². The van der Waals surface area contributed by atoms with Gasteiger partial charge < -0.3 is 14.0 Å². The molecule has 2 heterocycles. The lowest BCUT2D eigenvalue weighted by atomic mass is 10.1. The number of benzene rings is 2. The van der Waals surface area contributed by atoms with E-state index in [2.05, 4.69) is 38.0 Å². The summed E-state index contributed by atoms with van der Waals surface area (Å²) in [6.45, 7) is 2.56. The number of fused-ring (bicyclic) bond motifs is 1. The molecule has 0 saturated carbocycles. The van der Waals surface area contributed by atoms with E-state index in [4.69, 9.17) is 4.42 Å². The highest BCUT2D eigenvalue weighted by Gasteiger charge is 2.17. The second-order valence-electron chi connectivity index (χ2n) is 6.22. The molecule has 0 amide bonds. The molecular formula is C19H18F2N4OS. The maximum atomic E-state index is 12.6. The van der Waals surface area contributed by atoms with Gasteiger partial charge in [0.1, 0.15) is 0 Å². The minimum Gasteiger partial charge on any atom is -0.415 e. The van der Waals surface area contributed by atoms with Gasteiger partial charge in [-0.1, -0.05) is 30.1 Å². The van der Waals surface area contributed by atoms with Crippen LogP contribution < -0.4 is 9.62 Å². The fraction of sp³-hybridized carbons (Fsp3) is 0.263. The summed E-state index contributed by atoms with van der Waals surface area (Å²) in [6.07, 6.45) is -0.715. The Kier molecular flexibility index (Phi) is 5.09. The zero-order chi connectivity index (χ0) is 18.8. The van der Waals surface area contributed by atoms with E-state index in [9.17, 15) is 8.78 Å². The van der Waals surface area contributed by atoms with Gasteiger partial charge in [-0.2, -0.15) is 8.78 Å². The normalized spacial score (nSPS) is 13.2. The zero-order valence-corrected chi connectivity index (χ0v) is 15.5. The van der Waals surface area contributed by atoms with E-state index in [1.54, 1.807) is 11.9 Å². The number of alkyl halides is 2. The molecule has 0 radical (unpaired) electrons. The van der Waals surface area contributed by atoms with Crippen LogP contribution in [0.5, 0.6) is 0 Å². The predicted octanol–water partition coefficient (Wildman–Crippen LogP) is 4.56. The topological polar surface area (TPSA) is 54.2 Å². The van der Waals surface area contributed by atoms with E-state index in [0.29, 0.717) is 5.56 Å². The molecule has 1 N–H and O–H groups in total. The first kappa shape index (κ1) is 17.9. The van der Waals surface area contributed by atoms with E-state index in [1.807, 2.05) is 30.5 Å². The van der Waals surface area contributed by atoms with Gasteiger partial charge in [0, 0.05) is 30.6 Å². The highest BCUT2D eigenvalue weighted by molar-refractivity contribution is 7.99. The van der Waals surface area contributed by atoms with Crippen LogP contribution in [0, 0.1) is 0 Å². The molecule has 1 aliphatic heterocycles. The summed E-state index contributed by atoms with van der Waals surface area (Å²) in [5.41, 5.74) is 5.57. The first-order valence-electron chi connectivity index (χ1n) is 8.49. The molecule has 4 rings (SSSR count). The Morgan fingerprint density at radius 1 is 1.11 bits per heavy atom. The molecule has 0 aliphatic carbocycles. The van der Waals surface area contributed by atoms with Crippen molar-refractivity contribution in [2.75, 3.05) is 10.6 Å². The summed E-state index contributed by atoms with van der Waals surface area (Å²) in [5, 5.41) is 10.4. The summed E-state index contributed by atoms with van der Waals surface area (Å²) in [4.78, 5) is 0. The molecule has 140 valence electrons. The SMILES string of the molecule is CSN(Cc1ccc(-c2nnc(C(F)F)o2)cc1)c1ccc2c(c1)CNC2. The standard InChI is InChI=1S/C19H18F2N4OS/c1-27-25(16-7-6-14-9-22-10-15(14)8-16)11-12-2-4-13(5-3-12)18-23-24-19(26-18)17(20)21/h2-8,17,22H,9-11H2,1H3. The fourth-order valence-corrected chi connectivity index (χ4v) is 3.66. The van der Waals surface area contributed by atoms with Gasteiger partial charge in [-0.3, -0.25) is 0 Å². The molecule has 5 nitrogen and oxygen atoms in total. The van der Waals surface area contributed by atoms with Gasteiger partial charge in [-0.05, 0) is 41.0 Å². The van der Waals surface area contributed by atoms with Crippen LogP contribution in [0.4, 0.5) is 14.5 Å². The summed E-state index contributed by atoms with van der Waals surface area (Å²) in [7, 11) is 0. The molecule has 27 heavy (non-hydrogen) atoms. The van der Waals surface area contributed by atoms with Gasteiger partial charge in [-0.25, -0.2) is 0 Å². The number of nitrogens with zero attached hydrogens (tertiary/aromatic N) is 3. The van der Waals surface area contributed by atoms with Crippen LogP contribution in [0.25, 0.3) is 11.5 Å². The van der Waals surface area contributed by atoms with Crippen LogP contribution in [0.15, 0.2) is 46.9 Å². The van der Waals surface area contributed by atoms with Crippen LogP contribution >= 0.6 is 11.9 Å². The largest absolute Gasteiger partial charge is 0.415 e. The van der Waals surface area contributed by atoms with Gasteiger partial charge in [0.15, 0.2) is 0 Å². The Balaban J connectivity index is 1.49. The van der Waals surface area contributed by atoms with E-state index < -0.39 is 12.3 Å². The number of aromatic nitrogens is 2. The molecule has 2 aromatic carbocycles. The third-order valence-electron chi connectivity index (χ3n) is 4.48. The number of nitrogens with one attached hydrogen (secondary N) is 1. The van der Waals surface area contributed by atoms with Crippen molar-refractivity contribution in [2.24, 2.45) is 0 Å². The quantitative estimate of drug-likeness (QED) is 0.625. The molecule has 0 bridgehead atoms. The summed E-state index contributed by atoms with van der Waals surface area (Å²) < 4.78 is 32.4. The molecule has 0 saturated heterocycles. The molecule has 0 spiro atoms. The Bertz CT molecular complexity index is 930. The maximum Gasteiger partial charge on any atom is 0.314 e. The Morgan fingerprint density at radius 2 is 1.89 bits per heavy atom. The lowest BCUT2D eigenvalue weighted by Crippen LogP contribution is -2.13. The number of anilines is 1. The summed E-state index contributed by atoms with van der Waals surface area (Å²) in [5.74, 6) is -0.557. The van der Waals surface area contributed by atoms with Crippen LogP contribution in [0.3, 0.4) is 0 Å². The number of rotatable bonds is 6. The van der Waals surface area contributed by atoms with Crippen LogP contribution in [0.2, 0.25) is 0 Å². The fourth-order valence-electron chi connectivity index (χ4n) is 3.06. The molecule has 0 atom stereocenters. The van der Waals surface area contributed by atoms with E-state index in [1.165, 1.54) is 11.1 Å². The molecule has 3 aromatic rings. The maximum absolute atomic E-state index is 12.6. The predicted molar refractivity (Wildman–Crippen MR) is 101 cm³/mol. The summed E-state index contributed by atoms with van der Waals surface area (Å²) in [6, 6.07) is 14.0. The molecule has 1 aromatic heterocycles. The molecular weight excluding hydrogens is 370 g/mol.